The number of carbonyl (C=O) groups excluding carboxylic acids is 2. The smallest absolute Gasteiger partial charge is 0.407 e. The first-order chi connectivity index (χ1) is 15.1. The van der Waals surface area contributed by atoms with E-state index >= 15 is 0 Å². The summed E-state index contributed by atoms with van der Waals surface area (Å²) in [6.07, 6.45) is 1.91. The highest BCUT2D eigenvalue weighted by Gasteiger charge is 2.17. The van der Waals surface area contributed by atoms with E-state index in [0.717, 1.165) is 11.1 Å². The Morgan fingerprint density at radius 2 is 1.61 bits per heavy atom. The van der Waals surface area contributed by atoms with Crippen LogP contribution in [0.1, 0.15) is 40.0 Å². The lowest BCUT2D eigenvalue weighted by atomic mass is 10.1. The summed E-state index contributed by atoms with van der Waals surface area (Å²) in [5.74, 6) is -0.0367. The number of hydrogen-bond donors (Lipinski definition) is 3. The number of nitrogens with zero attached hydrogens (tertiary/aromatic N) is 1. The summed E-state index contributed by atoms with van der Waals surface area (Å²) >= 11 is 0. The molecule has 1 atom stereocenters. The van der Waals surface area contributed by atoms with Gasteiger partial charge in [-0.1, -0.05) is 60.7 Å². The van der Waals surface area contributed by atoms with Gasteiger partial charge in [0.25, 0.3) is 5.91 Å². The van der Waals surface area contributed by atoms with Crippen molar-refractivity contribution in [2.45, 2.75) is 25.5 Å². The van der Waals surface area contributed by atoms with Gasteiger partial charge in [-0.05, 0) is 24.0 Å². The Morgan fingerprint density at radius 1 is 0.968 bits per heavy atom. The standard InChI is InChI=1S/C23H26N4O4/c24-19(14-17-8-3-1-4-9-17)22-27-20(16-30-22)21(28)25-12-7-13-26-23(29)31-15-18-10-5-2-6-11-18/h1-6,8-11,16,19H,7,12-15,24H2,(H,25,28)(H,26,29). The molecule has 2 aromatic carbocycles. The highest BCUT2D eigenvalue weighted by Crippen LogP contribution is 2.15. The predicted molar refractivity (Wildman–Crippen MR) is 115 cm³/mol. The van der Waals surface area contributed by atoms with Crippen molar-refractivity contribution >= 4 is 12.0 Å². The Kier molecular flexibility index (Phi) is 8.19. The minimum Gasteiger partial charge on any atom is -0.446 e. The number of benzene rings is 2. The van der Waals surface area contributed by atoms with Crippen LogP contribution >= 0.6 is 0 Å². The molecular weight excluding hydrogens is 396 g/mol. The van der Waals surface area contributed by atoms with E-state index in [0.29, 0.717) is 31.8 Å². The van der Waals surface area contributed by atoms with Crippen LogP contribution in [0.3, 0.4) is 0 Å². The average Bonchev–Trinajstić information content (AvgIpc) is 3.29. The summed E-state index contributed by atoms with van der Waals surface area (Å²) in [5, 5.41) is 5.38. The highest BCUT2D eigenvalue weighted by atomic mass is 16.5. The largest absolute Gasteiger partial charge is 0.446 e. The van der Waals surface area contributed by atoms with Gasteiger partial charge in [0.05, 0.1) is 6.04 Å². The molecule has 31 heavy (non-hydrogen) atoms. The first-order valence-corrected chi connectivity index (χ1v) is 10.1. The Labute approximate surface area is 180 Å². The quantitative estimate of drug-likeness (QED) is 0.432. The fourth-order valence-corrected chi connectivity index (χ4v) is 2.86. The molecule has 4 N–H and O–H groups in total. The molecule has 2 amide bonds. The monoisotopic (exact) mass is 422 g/mol. The van der Waals surface area contributed by atoms with Gasteiger partial charge in [-0.15, -0.1) is 0 Å². The molecular formula is C23H26N4O4. The minimum atomic E-state index is -0.497. The minimum absolute atomic E-state index is 0.175. The van der Waals surface area contributed by atoms with Crippen LogP contribution in [0, 0.1) is 0 Å². The fourth-order valence-electron chi connectivity index (χ4n) is 2.86. The van der Waals surface area contributed by atoms with Gasteiger partial charge in [-0.3, -0.25) is 4.79 Å². The van der Waals surface area contributed by atoms with Gasteiger partial charge in [0.15, 0.2) is 5.69 Å². The zero-order valence-corrected chi connectivity index (χ0v) is 17.1. The van der Waals surface area contributed by atoms with Crippen LogP contribution in [-0.2, 0) is 17.8 Å². The van der Waals surface area contributed by atoms with Crippen molar-refractivity contribution in [2.24, 2.45) is 5.73 Å². The van der Waals surface area contributed by atoms with Crippen LogP contribution in [0.2, 0.25) is 0 Å². The topological polar surface area (TPSA) is 119 Å². The summed E-state index contributed by atoms with van der Waals surface area (Å²) < 4.78 is 10.5. The number of nitrogens with two attached hydrogens (primary N) is 1. The third kappa shape index (κ3) is 7.27. The molecule has 0 aliphatic carbocycles. The summed E-state index contributed by atoms with van der Waals surface area (Å²) in [4.78, 5) is 28.1. The number of rotatable bonds is 10. The van der Waals surface area contributed by atoms with Crippen molar-refractivity contribution in [3.05, 3.63) is 89.6 Å². The highest BCUT2D eigenvalue weighted by molar-refractivity contribution is 5.91. The lowest BCUT2D eigenvalue weighted by Crippen LogP contribution is -2.30. The molecule has 1 unspecified atom stereocenters. The van der Waals surface area contributed by atoms with Crippen LogP contribution in [0.15, 0.2) is 71.3 Å². The Bertz CT molecular complexity index is 960. The van der Waals surface area contributed by atoms with Crippen LogP contribution in [0.4, 0.5) is 4.79 Å². The van der Waals surface area contributed by atoms with Crippen LogP contribution in [-0.4, -0.2) is 30.1 Å². The van der Waals surface area contributed by atoms with Gasteiger partial charge in [0, 0.05) is 13.1 Å². The Balaban J connectivity index is 1.32. The zero-order valence-electron chi connectivity index (χ0n) is 17.1. The van der Waals surface area contributed by atoms with Gasteiger partial charge in [0.1, 0.15) is 12.9 Å². The fraction of sp³-hybridized carbons (Fsp3) is 0.261. The van der Waals surface area contributed by atoms with Crippen molar-refractivity contribution in [2.75, 3.05) is 13.1 Å². The molecule has 3 rings (SSSR count). The van der Waals surface area contributed by atoms with Gasteiger partial charge in [0.2, 0.25) is 5.89 Å². The number of hydrogen-bond acceptors (Lipinski definition) is 6. The molecule has 0 radical (unpaired) electrons. The second-order valence-corrected chi connectivity index (χ2v) is 6.97. The molecule has 8 nitrogen and oxygen atoms in total. The molecule has 3 aromatic rings. The second-order valence-electron chi connectivity index (χ2n) is 6.97. The van der Waals surface area contributed by atoms with Crippen molar-refractivity contribution in [1.29, 1.82) is 0 Å². The molecule has 162 valence electrons. The average molecular weight is 422 g/mol. The first kappa shape index (κ1) is 22.0. The van der Waals surface area contributed by atoms with Crippen LogP contribution in [0.25, 0.3) is 0 Å². The van der Waals surface area contributed by atoms with Crippen molar-refractivity contribution < 1.29 is 18.7 Å². The van der Waals surface area contributed by atoms with E-state index < -0.39 is 12.1 Å². The molecule has 0 saturated heterocycles. The number of alkyl carbamates (subject to hydrolysis) is 1. The molecule has 0 spiro atoms. The van der Waals surface area contributed by atoms with E-state index in [2.05, 4.69) is 15.6 Å². The SMILES string of the molecule is NC(Cc1ccccc1)c1nc(C(=O)NCCCNC(=O)OCc2ccccc2)co1. The number of nitrogens with one attached hydrogen (secondary N) is 2. The molecule has 8 heteroatoms. The molecule has 1 heterocycles. The normalized spacial score (nSPS) is 11.5. The van der Waals surface area contributed by atoms with E-state index in [-0.39, 0.29) is 18.2 Å². The van der Waals surface area contributed by atoms with Crippen LogP contribution < -0.4 is 16.4 Å². The lowest BCUT2D eigenvalue weighted by molar-refractivity contribution is 0.0948. The van der Waals surface area contributed by atoms with E-state index in [1.165, 1.54) is 6.26 Å². The molecule has 0 aliphatic rings. The molecule has 0 saturated carbocycles. The van der Waals surface area contributed by atoms with Gasteiger partial charge in [-0.25, -0.2) is 9.78 Å². The Hall–Kier alpha value is -3.65. The zero-order chi connectivity index (χ0) is 21.9. The maximum Gasteiger partial charge on any atom is 0.407 e. The molecule has 0 fully saturated rings. The lowest BCUT2D eigenvalue weighted by Gasteiger charge is -2.08. The second kappa shape index (κ2) is 11.5. The summed E-state index contributed by atoms with van der Waals surface area (Å²) in [7, 11) is 0. The van der Waals surface area contributed by atoms with E-state index in [1.54, 1.807) is 0 Å². The maximum atomic E-state index is 12.2. The van der Waals surface area contributed by atoms with Gasteiger partial charge >= 0.3 is 6.09 Å². The summed E-state index contributed by atoms with van der Waals surface area (Å²) in [6.45, 7) is 0.959. The number of ether oxygens (including phenoxy) is 1. The number of oxazole rings is 1. The summed E-state index contributed by atoms with van der Waals surface area (Å²) in [6, 6.07) is 18.8. The predicted octanol–water partition coefficient (Wildman–Crippen LogP) is 2.96. The third-order valence-electron chi connectivity index (χ3n) is 4.49. The number of amides is 2. The van der Waals surface area contributed by atoms with Gasteiger partial charge in [-0.2, -0.15) is 0 Å². The summed E-state index contributed by atoms with van der Waals surface area (Å²) in [5.41, 5.74) is 8.29. The van der Waals surface area contributed by atoms with E-state index in [9.17, 15) is 9.59 Å². The van der Waals surface area contributed by atoms with Crippen molar-refractivity contribution in [3.63, 3.8) is 0 Å². The number of aromatic nitrogens is 1. The maximum absolute atomic E-state index is 12.2. The molecule has 0 aliphatic heterocycles. The first-order valence-electron chi connectivity index (χ1n) is 10.1. The molecule has 1 aromatic heterocycles. The third-order valence-corrected chi connectivity index (χ3v) is 4.49. The number of carbonyl (C=O) groups is 2. The van der Waals surface area contributed by atoms with E-state index in [1.807, 2.05) is 60.7 Å². The van der Waals surface area contributed by atoms with E-state index in [4.69, 9.17) is 14.9 Å². The van der Waals surface area contributed by atoms with Crippen molar-refractivity contribution in [3.8, 4) is 0 Å². The Morgan fingerprint density at radius 3 is 2.32 bits per heavy atom. The molecule has 0 bridgehead atoms. The van der Waals surface area contributed by atoms with Crippen LogP contribution in [0.5, 0.6) is 0 Å². The van der Waals surface area contributed by atoms with Gasteiger partial charge < -0.3 is 25.5 Å². The van der Waals surface area contributed by atoms with Crippen molar-refractivity contribution in [1.82, 2.24) is 15.6 Å².